The SMILES string of the molecule is Cn1c(SCC(=O)NCCc2ccc(F)cc2)nnc1C1CCCNC1. The Morgan fingerprint density at radius 1 is 1.38 bits per heavy atom. The van der Waals surface area contributed by atoms with Crippen LogP contribution in [0.3, 0.4) is 0 Å². The molecule has 1 aliphatic rings. The normalized spacial score (nSPS) is 17.2. The second kappa shape index (κ2) is 9.14. The van der Waals surface area contributed by atoms with Crippen molar-refractivity contribution in [1.29, 1.82) is 0 Å². The van der Waals surface area contributed by atoms with Gasteiger partial charge in [0.15, 0.2) is 5.16 Å². The molecule has 1 aliphatic heterocycles. The number of thioether (sulfide) groups is 1. The van der Waals surface area contributed by atoms with Gasteiger partial charge in [-0.05, 0) is 43.5 Å². The lowest BCUT2D eigenvalue weighted by molar-refractivity contribution is -0.118. The quantitative estimate of drug-likeness (QED) is 0.721. The van der Waals surface area contributed by atoms with Crippen LogP contribution in [-0.4, -0.2) is 46.1 Å². The molecule has 1 saturated heterocycles. The summed E-state index contributed by atoms with van der Waals surface area (Å²) in [6.45, 7) is 2.53. The van der Waals surface area contributed by atoms with E-state index < -0.39 is 0 Å². The summed E-state index contributed by atoms with van der Waals surface area (Å²) in [5, 5.41) is 15.6. The third-order valence-electron chi connectivity index (χ3n) is 4.51. The van der Waals surface area contributed by atoms with Crippen molar-refractivity contribution in [3.63, 3.8) is 0 Å². The zero-order chi connectivity index (χ0) is 18.4. The predicted molar refractivity (Wildman–Crippen MR) is 99.7 cm³/mol. The van der Waals surface area contributed by atoms with E-state index in [2.05, 4.69) is 20.8 Å². The Balaban J connectivity index is 1.42. The molecule has 3 rings (SSSR count). The van der Waals surface area contributed by atoms with Gasteiger partial charge in [-0.2, -0.15) is 0 Å². The summed E-state index contributed by atoms with van der Waals surface area (Å²) in [5.41, 5.74) is 0.999. The molecule has 140 valence electrons. The highest BCUT2D eigenvalue weighted by Crippen LogP contribution is 2.24. The molecule has 2 N–H and O–H groups in total. The molecule has 1 atom stereocenters. The number of carbonyl (C=O) groups is 1. The predicted octanol–water partition coefficient (Wildman–Crippen LogP) is 1.87. The lowest BCUT2D eigenvalue weighted by atomic mass is 9.99. The molecule has 0 spiro atoms. The third kappa shape index (κ3) is 5.04. The van der Waals surface area contributed by atoms with Crippen LogP contribution in [0.4, 0.5) is 4.39 Å². The first kappa shape index (κ1) is 18.8. The number of nitrogens with zero attached hydrogens (tertiary/aromatic N) is 3. The first-order chi connectivity index (χ1) is 12.6. The zero-order valence-electron chi connectivity index (χ0n) is 14.9. The van der Waals surface area contributed by atoms with Crippen LogP contribution in [0, 0.1) is 5.82 Å². The topological polar surface area (TPSA) is 71.8 Å². The summed E-state index contributed by atoms with van der Waals surface area (Å²) < 4.78 is 14.9. The summed E-state index contributed by atoms with van der Waals surface area (Å²) in [6, 6.07) is 6.33. The fraction of sp³-hybridized carbons (Fsp3) is 0.500. The van der Waals surface area contributed by atoms with E-state index in [9.17, 15) is 9.18 Å². The number of carbonyl (C=O) groups excluding carboxylic acids is 1. The molecule has 1 amide bonds. The largest absolute Gasteiger partial charge is 0.355 e. The maximum absolute atomic E-state index is 12.9. The van der Waals surface area contributed by atoms with Gasteiger partial charge >= 0.3 is 0 Å². The van der Waals surface area contributed by atoms with Crippen molar-refractivity contribution in [2.24, 2.45) is 7.05 Å². The molecular formula is C18H24FN5OS. The molecule has 1 aromatic carbocycles. The summed E-state index contributed by atoms with van der Waals surface area (Å²) in [7, 11) is 1.96. The second-order valence-electron chi connectivity index (χ2n) is 6.46. The molecule has 1 unspecified atom stereocenters. The van der Waals surface area contributed by atoms with E-state index in [1.165, 1.54) is 23.9 Å². The van der Waals surface area contributed by atoms with E-state index >= 15 is 0 Å². The molecule has 0 saturated carbocycles. The highest BCUT2D eigenvalue weighted by Gasteiger charge is 2.21. The van der Waals surface area contributed by atoms with Crippen LogP contribution < -0.4 is 10.6 Å². The summed E-state index contributed by atoms with van der Waals surface area (Å²) in [6.07, 6.45) is 2.95. The van der Waals surface area contributed by atoms with Crippen molar-refractivity contribution in [3.05, 3.63) is 41.5 Å². The summed E-state index contributed by atoms with van der Waals surface area (Å²) in [5.74, 6) is 1.39. The monoisotopic (exact) mass is 377 g/mol. The van der Waals surface area contributed by atoms with Crippen LogP contribution in [-0.2, 0) is 18.3 Å². The highest BCUT2D eigenvalue weighted by molar-refractivity contribution is 7.99. The number of hydrogen-bond donors (Lipinski definition) is 2. The molecule has 2 aromatic rings. The number of rotatable bonds is 7. The van der Waals surface area contributed by atoms with E-state index in [1.807, 2.05) is 11.6 Å². The minimum Gasteiger partial charge on any atom is -0.355 e. The number of halogens is 1. The average Bonchev–Trinajstić information content (AvgIpc) is 3.03. The molecule has 8 heteroatoms. The lowest BCUT2D eigenvalue weighted by Gasteiger charge is -2.21. The number of nitrogens with one attached hydrogen (secondary N) is 2. The Kier molecular flexibility index (Phi) is 6.62. The molecule has 0 radical (unpaired) electrons. The van der Waals surface area contributed by atoms with Crippen molar-refractivity contribution >= 4 is 17.7 Å². The Bertz CT molecular complexity index is 728. The van der Waals surface area contributed by atoms with Crippen LogP contribution in [0.15, 0.2) is 29.4 Å². The van der Waals surface area contributed by atoms with Crippen LogP contribution in [0.2, 0.25) is 0 Å². The van der Waals surface area contributed by atoms with Crippen LogP contribution in [0.1, 0.15) is 30.1 Å². The number of benzene rings is 1. The van der Waals surface area contributed by atoms with E-state index in [4.69, 9.17) is 0 Å². The number of aromatic nitrogens is 3. The van der Waals surface area contributed by atoms with Gasteiger partial charge < -0.3 is 15.2 Å². The maximum Gasteiger partial charge on any atom is 0.230 e. The minimum atomic E-state index is -0.249. The van der Waals surface area contributed by atoms with Crippen molar-refractivity contribution in [2.45, 2.75) is 30.3 Å². The molecule has 1 fully saturated rings. The fourth-order valence-electron chi connectivity index (χ4n) is 3.06. The smallest absolute Gasteiger partial charge is 0.230 e. The van der Waals surface area contributed by atoms with Gasteiger partial charge in [-0.25, -0.2) is 4.39 Å². The van der Waals surface area contributed by atoms with E-state index in [0.29, 0.717) is 24.6 Å². The van der Waals surface area contributed by atoms with Gasteiger partial charge in [-0.3, -0.25) is 4.79 Å². The number of hydrogen-bond acceptors (Lipinski definition) is 5. The molecule has 0 aliphatic carbocycles. The standard InChI is InChI=1S/C18H24FN5OS/c1-24-17(14-3-2-9-20-11-14)22-23-18(24)26-12-16(25)21-10-8-13-4-6-15(19)7-5-13/h4-7,14,20H,2-3,8-12H2,1H3,(H,21,25). The minimum absolute atomic E-state index is 0.0407. The summed E-state index contributed by atoms with van der Waals surface area (Å²) in [4.78, 5) is 12.0. The van der Waals surface area contributed by atoms with Crippen molar-refractivity contribution in [2.75, 3.05) is 25.4 Å². The number of amides is 1. The van der Waals surface area contributed by atoms with Crippen LogP contribution >= 0.6 is 11.8 Å². The summed E-state index contributed by atoms with van der Waals surface area (Å²) >= 11 is 1.40. The van der Waals surface area contributed by atoms with E-state index in [1.54, 1.807) is 12.1 Å². The van der Waals surface area contributed by atoms with Crippen LogP contribution in [0.25, 0.3) is 0 Å². The Morgan fingerprint density at radius 3 is 2.92 bits per heavy atom. The molecular weight excluding hydrogens is 353 g/mol. The highest BCUT2D eigenvalue weighted by atomic mass is 32.2. The first-order valence-corrected chi connectivity index (χ1v) is 9.86. The fourth-order valence-corrected chi connectivity index (χ4v) is 3.81. The number of piperidine rings is 1. The Hall–Kier alpha value is -1.93. The molecule has 1 aromatic heterocycles. The van der Waals surface area contributed by atoms with Crippen LogP contribution in [0.5, 0.6) is 0 Å². The van der Waals surface area contributed by atoms with Gasteiger partial charge in [0.05, 0.1) is 5.75 Å². The molecule has 6 nitrogen and oxygen atoms in total. The van der Waals surface area contributed by atoms with Gasteiger partial charge in [0.25, 0.3) is 0 Å². The van der Waals surface area contributed by atoms with Gasteiger partial charge in [0.1, 0.15) is 11.6 Å². The first-order valence-electron chi connectivity index (χ1n) is 8.87. The second-order valence-corrected chi connectivity index (χ2v) is 7.40. The molecule has 0 bridgehead atoms. The molecule has 2 heterocycles. The Morgan fingerprint density at radius 2 is 2.19 bits per heavy atom. The van der Waals surface area contributed by atoms with Gasteiger partial charge in [-0.1, -0.05) is 23.9 Å². The van der Waals surface area contributed by atoms with E-state index in [-0.39, 0.29) is 11.7 Å². The zero-order valence-corrected chi connectivity index (χ0v) is 15.7. The molecule has 26 heavy (non-hydrogen) atoms. The maximum atomic E-state index is 12.9. The van der Waals surface area contributed by atoms with Crippen molar-refractivity contribution < 1.29 is 9.18 Å². The third-order valence-corrected chi connectivity index (χ3v) is 5.53. The van der Waals surface area contributed by atoms with Crippen molar-refractivity contribution in [1.82, 2.24) is 25.4 Å². The Labute approximate surface area is 157 Å². The van der Waals surface area contributed by atoms with Crippen molar-refractivity contribution in [3.8, 4) is 0 Å². The lowest BCUT2D eigenvalue weighted by Crippen LogP contribution is -2.30. The van der Waals surface area contributed by atoms with E-state index in [0.717, 1.165) is 42.5 Å². The van der Waals surface area contributed by atoms with Gasteiger partial charge in [0, 0.05) is 26.1 Å². The van der Waals surface area contributed by atoms with Gasteiger partial charge in [0.2, 0.25) is 5.91 Å². The van der Waals surface area contributed by atoms with Gasteiger partial charge in [-0.15, -0.1) is 10.2 Å². The average molecular weight is 377 g/mol.